The summed E-state index contributed by atoms with van der Waals surface area (Å²) in [6.45, 7) is 6.40. The van der Waals surface area contributed by atoms with Crippen molar-refractivity contribution >= 4 is 11.7 Å². The van der Waals surface area contributed by atoms with Gasteiger partial charge in [-0.05, 0) is 26.2 Å². The zero-order chi connectivity index (χ0) is 14.0. The largest absolute Gasteiger partial charge is 0.336 e. The lowest BCUT2D eigenvalue weighted by Gasteiger charge is -2.21. The number of nitrogens with zero attached hydrogens (tertiary/aromatic N) is 3. The fourth-order valence-electron chi connectivity index (χ4n) is 2.35. The molecule has 2 heterocycles. The number of pyridine rings is 1. The highest BCUT2D eigenvalue weighted by Gasteiger charge is 2.38. The maximum atomic E-state index is 12.2. The topological polar surface area (TPSA) is 48.5 Å². The quantitative estimate of drug-likeness (QED) is 0.897. The molecule has 1 N–H and O–H groups in total. The van der Waals surface area contributed by atoms with Crippen LogP contribution in [0.4, 0.5) is 10.5 Å². The van der Waals surface area contributed by atoms with Crippen LogP contribution < -0.4 is 10.2 Å². The number of anilines is 1. The van der Waals surface area contributed by atoms with Gasteiger partial charge in [-0.1, -0.05) is 13.8 Å². The lowest BCUT2D eigenvalue weighted by atomic mass is 9.91. The maximum Gasteiger partial charge on any atom is 0.322 e. The van der Waals surface area contributed by atoms with Crippen LogP contribution >= 0.6 is 0 Å². The number of nitrogens with one attached hydrogen (secondary N) is 1. The molecule has 5 nitrogen and oxygen atoms in total. The Hall–Kier alpha value is -1.62. The zero-order valence-electron chi connectivity index (χ0n) is 12.1. The van der Waals surface area contributed by atoms with E-state index in [0.717, 1.165) is 17.9 Å². The van der Waals surface area contributed by atoms with Crippen molar-refractivity contribution in [3.8, 4) is 0 Å². The van der Waals surface area contributed by atoms with Crippen molar-refractivity contribution in [2.24, 2.45) is 0 Å². The molecule has 104 valence electrons. The molecule has 0 fully saturated rings. The Morgan fingerprint density at radius 2 is 2.26 bits per heavy atom. The summed E-state index contributed by atoms with van der Waals surface area (Å²) in [7, 11) is 3.98. The van der Waals surface area contributed by atoms with Gasteiger partial charge >= 0.3 is 6.03 Å². The maximum absolute atomic E-state index is 12.2. The molecule has 0 atom stereocenters. The van der Waals surface area contributed by atoms with Crippen LogP contribution in [0.5, 0.6) is 0 Å². The summed E-state index contributed by atoms with van der Waals surface area (Å²) < 4.78 is 0. The Balaban J connectivity index is 2.08. The van der Waals surface area contributed by atoms with Crippen LogP contribution in [-0.4, -0.2) is 49.6 Å². The third-order valence-corrected chi connectivity index (χ3v) is 3.35. The Kier molecular flexibility index (Phi) is 3.75. The Labute approximate surface area is 114 Å². The second-order valence-electron chi connectivity index (χ2n) is 5.88. The van der Waals surface area contributed by atoms with E-state index in [9.17, 15) is 4.79 Å². The first kappa shape index (κ1) is 13.8. The van der Waals surface area contributed by atoms with Crippen molar-refractivity contribution in [2.75, 3.05) is 38.6 Å². The summed E-state index contributed by atoms with van der Waals surface area (Å²) >= 11 is 0. The van der Waals surface area contributed by atoms with E-state index in [1.54, 1.807) is 11.1 Å². The lowest BCUT2D eigenvalue weighted by Crippen LogP contribution is -2.43. The van der Waals surface area contributed by atoms with Crippen molar-refractivity contribution in [3.63, 3.8) is 0 Å². The van der Waals surface area contributed by atoms with Gasteiger partial charge in [0.2, 0.25) is 0 Å². The van der Waals surface area contributed by atoms with Gasteiger partial charge in [0.25, 0.3) is 0 Å². The van der Waals surface area contributed by atoms with Crippen LogP contribution in [0, 0.1) is 0 Å². The van der Waals surface area contributed by atoms with Crippen molar-refractivity contribution in [2.45, 2.75) is 19.3 Å². The fraction of sp³-hybridized carbons (Fsp3) is 0.571. The van der Waals surface area contributed by atoms with Crippen LogP contribution in [0.2, 0.25) is 0 Å². The molecular weight excluding hydrogens is 240 g/mol. The average molecular weight is 262 g/mol. The second-order valence-corrected chi connectivity index (χ2v) is 5.88. The Morgan fingerprint density at radius 3 is 2.95 bits per heavy atom. The van der Waals surface area contributed by atoms with Crippen LogP contribution in [-0.2, 0) is 5.41 Å². The van der Waals surface area contributed by atoms with Crippen LogP contribution in [0.15, 0.2) is 18.3 Å². The molecular formula is C14H22N4O. The van der Waals surface area contributed by atoms with Gasteiger partial charge in [0, 0.05) is 31.2 Å². The van der Waals surface area contributed by atoms with Gasteiger partial charge in [0.1, 0.15) is 0 Å². The van der Waals surface area contributed by atoms with Crippen molar-refractivity contribution < 1.29 is 4.79 Å². The van der Waals surface area contributed by atoms with Gasteiger partial charge in [-0.15, -0.1) is 0 Å². The molecule has 0 unspecified atom stereocenters. The van der Waals surface area contributed by atoms with E-state index in [2.05, 4.69) is 24.1 Å². The van der Waals surface area contributed by atoms with E-state index >= 15 is 0 Å². The molecule has 5 heteroatoms. The van der Waals surface area contributed by atoms with Gasteiger partial charge in [-0.2, -0.15) is 0 Å². The molecule has 1 aliphatic rings. The van der Waals surface area contributed by atoms with Crippen LogP contribution in [0.1, 0.15) is 19.5 Å². The summed E-state index contributed by atoms with van der Waals surface area (Å²) in [5, 5.41) is 2.95. The molecule has 0 saturated carbocycles. The number of amides is 2. The van der Waals surface area contributed by atoms with Crippen molar-refractivity contribution in [3.05, 3.63) is 24.0 Å². The molecule has 0 aromatic carbocycles. The molecule has 2 amide bonds. The summed E-state index contributed by atoms with van der Waals surface area (Å²) in [6, 6.07) is 3.80. The number of likely N-dealkylation sites (N-methyl/N-ethyl adjacent to an activating group) is 1. The predicted octanol–water partition coefficient (Wildman–Crippen LogP) is 1.45. The number of urea groups is 1. The zero-order valence-corrected chi connectivity index (χ0v) is 12.1. The van der Waals surface area contributed by atoms with Gasteiger partial charge in [0.15, 0.2) is 0 Å². The fourth-order valence-corrected chi connectivity index (χ4v) is 2.35. The number of hydrogen-bond donors (Lipinski definition) is 1. The van der Waals surface area contributed by atoms with E-state index < -0.39 is 0 Å². The number of fused-ring (bicyclic) bond motifs is 1. The molecule has 1 aliphatic heterocycles. The van der Waals surface area contributed by atoms with Crippen LogP contribution in [0.25, 0.3) is 0 Å². The number of hydrogen-bond acceptors (Lipinski definition) is 3. The second kappa shape index (κ2) is 5.17. The normalized spacial score (nSPS) is 16.6. The van der Waals surface area contributed by atoms with E-state index in [0.29, 0.717) is 13.1 Å². The van der Waals surface area contributed by atoms with Crippen molar-refractivity contribution in [1.29, 1.82) is 0 Å². The summed E-state index contributed by atoms with van der Waals surface area (Å²) in [4.78, 5) is 20.5. The monoisotopic (exact) mass is 262 g/mol. The third kappa shape index (κ3) is 2.87. The van der Waals surface area contributed by atoms with Crippen molar-refractivity contribution in [1.82, 2.24) is 15.2 Å². The first-order chi connectivity index (χ1) is 8.92. The highest BCUT2D eigenvalue weighted by atomic mass is 16.2. The molecule has 19 heavy (non-hydrogen) atoms. The molecule has 1 aromatic rings. The Morgan fingerprint density at radius 1 is 1.53 bits per heavy atom. The minimum absolute atomic E-state index is 0.0401. The van der Waals surface area contributed by atoms with E-state index in [-0.39, 0.29) is 11.4 Å². The number of carbonyl (C=O) groups is 1. The summed E-state index contributed by atoms with van der Waals surface area (Å²) in [5.41, 5.74) is 1.84. The van der Waals surface area contributed by atoms with Gasteiger partial charge in [0.05, 0.1) is 11.4 Å². The highest BCUT2D eigenvalue weighted by molar-refractivity contribution is 5.94. The molecule has 0 radical (unpaired) electrons. The minimum atomic E-state index is -0.0878. The van der Waals surface area contributed by atoms with E-state index in [1.165, 1.54) is 0 Å². The van der Waals surface area contributed by atoms with Crippen LogP contribution in [0.3, 0.4) is 0 Å². The highest BCUT2D eigenvalue weighted by Crippen LogP contribution is 2.38. The van der Waals surface area contributed by atoms with E-state index in [1.807, 2.05) is 31.1 Å². The number of aromatic nitrogens is 1. The molecule has 0 saturated heterocycles. The summed E-state index contributed by atoms with van der Waals surface area (Å²) in [5.74, 6) is 0. The first-order valence-electron chi connectivity index (χ1n) is 6.57. The number of rotatable bonds is 3. The lowest BCUT2D eigenvalue weighted by molar-refractivity contribution is 0.244. The number of carbonyl (C=O) groups excluding carboxylic acids is 1. The van der Waals surface area contributed by atoms with E-state index in [4.69, 9.17) is 0 Å². The standard InChI is InChI=1S/C14H22N4O/c1-14(2)10-18(11-6-5-7-15-12(11)14)13(19)16-8-9-17(3)4/h5-7H,8-10H2,1-4H3,(H,16,19). The Bertz CT molecular complexity index is 470. The SMILES string of the molecule is CN(C)CCNC(=O)N1CC(C)(C)c2ncccc21. The predicted molar refractivity (Wildman–Crippen MR) is 76.6 cm³/mol. The minimum Gasteiger partial charge on any atom is -0.336 e. The summed E-state index contributed by atoms with van der Waals surface area (Å²) in [6.07, 6.45) is 1.79. The molecule has 0 bridgehead atoms. The van der Waals surface area contributed by atoms with Gasteiger partial charge < -0.3 is 10.2 Å². The van der Waals surface area contributed by atoms with Gasteiger partial charge in [-0.25, -0.2) is 4.79 Å². The van der Waals surface area contributed by atoms with Gasteiger partial charge in [-0.3, -0.25) is 9.88 Å². The first-order valence-corrected chi connectivity index (χ1v) is 6.57. The molecule has 0 spiro atoms. The smallest absolute Gasteiger partial charge is 0.322 e. The molecule has 1 aromatic heterocycles. The average Bonchev–Trinajstić information content (AvgIpc) is 2.62. The molecule has 2 rings (SSSR count). The molecule has 0 aliphatic carbocycles. The third-order valence-electron chi connectivity index (χ3n) is 3.35.